The molecular formula is C20H24O5. The highest BCUT2D eigenvalue weighted by Crippen LogP contribution is 2.40. The largest absolute Gasteiger partial charge is 0.497 e. The fourth-order valence-electron chi connectivity index (χ4n) is 3.99. The number of esters is 1. The van der Waals surface area contributed by atoms with Crippen LogP contribution in [0, 0.1) is 17.8 Å². The molecule has 0 N–H and O–H groups in total. The molecule has 2 aliphatic rings. The Morgan fingerprint density at radius 1 is 1.08 bits per heavy atom. The lowest BCUT2D eigenvalue weighted by atomic mass is 9.67. The molecule has 2 fully saturated rings. The average Bonchev–Trinajstić information content (AvgIpc) is 2.60. The van der Waals surface area contributed by atoms with Gasteiger partial charge in [0, 0.05) is 17.4 Å². The lowest BCUT2D eigenvalue weighted by molar-refractivity contribution is -0.155. The maximum Gasteiger partial charge on any atom is 0.309 e. The molecule has 2 aliphatic carbocycles. The van der Waals surface area contributed by atoms with E-state index in [0.717, 1.165) is 19.3 Å². The van der Waals surface area contributed by atoms with Gasteiger partial charge >= 0.3 is 5.97 Å². The van der Waals surface area contributed by atoms with Crippen molar-refractivity contribution in [1.29, 1.82) is 0 Å². The number of carbonyl (C=O) groups excluding carboxylic acids is 3. The standard InChI is InChI=1S/C20H24O5/c1-12(18(21)13-6-8-17(24-2)9-7-13)25-20(23)16-10-14-4-3-5-15(11-16)19(14)22/h6-9,12,14-16H,3-5,10-11H2,1-2H3/t12-,14-,15+,16?/m1/s1. The molecule has 0 aliphatic heterocycles. The molecule has 4 atom stereocenters. The minimum absolute atomic E-state index is 0.00218. The normalized spacial score (nSPS) is 26.6. The van der Waals surface area contributed by atoms with Crippen molar-refractivity contribution in [2.45, 2.75) is 45.1 Å². The summed E-state index contributed by atoms with van der Waals surface area (Å²) >= 11 is 0. The van der Waals surface area contributed by atoms with Gasteiger partial charge in [0.05, 0.1) is 13.0 Å². The Labute approximate surface area is 147 Å². The topological polar surface area (TPSA) is 69.7 Å². The van der Waals surface area contributed by atoms with Crippen LogP contribution in [0.5, 0.6) is 5.75 Å². The second-order valence-corrected chi connectivity index (χ2v) is 7.07. The van der Waals surface area contributed by atoms with E-state index >= 15 is 0 Å². The van der Waals surface area contributed by atoms with Crippen molar-refractivity contribution in [3.8, 4) is 5.75 Å². The van der Waals surface area contributed by atoms with Crippen LogP contribution in [0.15, 0.2) is 24.3 Å². The zero-order chi connectivity index (χ0) is 18.0. The summed E-state index contributed by atoms with van der Waals surface area (Å²) in [6, 6.07) is 6.73. The van der Waals surface area contributed by atoms with Gasteiger partial charge < -0.3 is 9.47 Å². The van der Waals surface area contributed by atoms with Gasteiger partial charge in [-0.15, -0.1) is 0 Å². The summed E-state index contributed by atoms with van der Waals surface area (Å²) in [5, 5.41) is 0. The van der Waals surface area contributed by atoms with Crippen molar-refractivity contribution in [2.24, 2.45) is 17.8 Å². The molecule has 0 spiro atoms. The molecule has 5 nitrogen and oxygen atoms in total. The van der Waals surface area contributed by atoms with Crippen molar-refractivity contribution >= 4 is 17.5 Å². The molecule has 0 heterocycles. The average molecular weight is 344 g/mol. The van der Waals surface area contributed by atoms with E-state index in [9.17, 15) is 14.4 Å². The zero-order valence-electron chi connectivity index (χ0n) is 14.7. The highest BCUT2D eigenvalue weighted by molar-refractivity contribution is 6.00. The van der Waals surface area contributed by atoms with Crippen LogP contribution in [0.2, 0.25) is 0 Å². The Morgan fingerprint density at radius 3 is 2.24 bits per heavy atom. The highest BCUT2D eigenvalue weighted by atomic mass is 16.5. The fourth-order valence-corrected chi connectivity index (χ4v) is 3.99. The van der Waals surface area contributed by atoms with Crippen LogP contribution in [0.3, 0.4) is 0 Å². The molecule has 2 bridgehead atoms. The first-order valence-corrected chi connectivity index (χ1v) is 8.92. The van der Waals surface area contributed by atoms with Crippen molar-refractivity contribution in [3.63, 3.8) is 0 Å². The molecule has 1 aromatic rings. The zero-order valence-corrected chi connectivity index (χ0v) is 14.7. The summed E-state index contributed by atoms with van der Waals surface area (Å²) in [7, 11) is 1.56. The van der Waals surface area contributed by atoms with Gasteiger partial charge in [-0.2, -0.15) is 0 Å². The van der Waals surface area contributed by atoms with E-state index in [0.29, 0.717) is 29.9 Å². The number of ether oxygens (including phenoxy) is 2. The van der Waals surface area contributed by atoms with Crippen LogP contribution in [0.4, 0.5) is 0 Å². The molecular weight excluding hydrogens is 320 g/mol. The molecule has 2 saturated carbocycles. The highest BCUT2D eigenvalue weighted by Gasteiger charge is 2.42. The number of carbonyl (C=O) groups is 3. The quantitative estimate of drug-likeness (QED) is 0.606. The molecule has 134 valence electrons. The van der Waals surface area contributed by atoms with E-state index in [1.165, 1.54) is 0 Å². The first-order chi connectivity index (χ1) is 12.0. The maximum atomic E-state index is 12.5. The maximum absolute atomic E-state index is 12.5. The van der Waals surface area contributed by atoms with Gasteiger partial charge in [-0.05, 0) is 56.9 Å². The van der Waals surface area contributed by atoms with E-state index < -0.39 is 6.10 Å². The molecule has 3 rings (SSSR count). The van der Waals surface area contributed by atoms with Crippen molar-refractivity contribution in [2.75, 3.05) is 7.11 Å². The van der Waals surface area contributed by atoms with Gasteiger partial charge in [0.25, 0.3) is 0 Å². The van der Waals surface area contributed by atoms with Gasteiger partial charge in [-0.25, -0.2) is 0 Å². The van der Waals surface area contributed by atoms with Gasteiger partial charge in [0.2, 0.25) is 5.78 Å². The van der Waals surface area contributed by atoms with Crippen LogP contribution in [-0.4, -0.2) is 30.7 Å². The number of hydrogen-bond donors (Lipinski definition) is 0. The third kappa shape index (κ3) is 3.75. The van der Waals surface area contributed by atoms with E-state index in [-0.39, 0.29) is 29.5 Å². The first kappa shape index (κ1) is 17.6. The van der Waals surface area contributed by atoms with Gasteiger partial charge in [0.1, 0.15) is 11.5 Å². The number of ketones is 2. The monoisotopic (exact) mass is 344 g/mol. The number of benzene rings is 1. The van der Waals surface area contributed by atoms with Crippen LogP contribution < -0.4 is 4.74 Å². The predicted octanol–water partition coefficient (Wildman–Crippen LogP) is 3.21. The third-order valence-electron chi connectivity index (χ3n) is 5.42. The lowest BCUT2D eigenvalue weighted by Gasteiger charge is -2.36. The summed E-state index contributed by atoms with van der Waals surface area (Å²) in [5.41, 5.74) is 0.483. The fraction of sp³-hybridized carbons (Fsp3) is 0.550. The number of fused-ring (bicyclic) bond motifs is 2. The second-order valence-electron chi connectivity index (χ2n) is 7.07. The van der Waals surface area contributed by atoms with E-state index in [2.05, 4.69) is 0 Å². The molecule has 0 saturated heterocycles. The SMILES string of the molecule is COc1ccc(C(=O)[C@@H](C)OC(=O)C2C[C@H]3CCC[C@@H](C2)C3=O)cc1. The third-order valence-corrected chi connectivity index (χ3v) is 5.42. The minimum Gasteiger partial charge on any atom is -0.497 e. The second kappa shape index (κ2) is 7.38. The molecule has 25 heavy (non-hydrogen) atoms. The molecule has 1 unspecified atom stereocenters. The summed E-state index contributed by atoms with van der Waals surface area (Å²) in [6.45, 7) is 1.60. The summed E-state index contributed by atoms with van der Waals surface area (Å²) in [6.07, 6.45) is 3.11. The van der Waals surface area contributed by atoms with Gasteiger partial charge in [-0.3, -0.25) is 14.4 Å². The predicted molar refractivity (Wildman–Crippen MR) is 91.4 cm³/mol. The molecule has 0 amide bonds. The van der Waals surface area contributed by atoms with Crippen molar-refractivity contribution in [3.05, 3.63) is 29.8 Å². The number of hydrogen-bond acceptors (Lipinski definition) is 5. The Kier molecular flexibility index (Phi) is 5.21. The first-order valence-electron chi connectivity index (χ1n) is 8.92. The van der Waals surface area contributed by atoms with E-state index in [1.54, 1.807) is 38.3 Å². The van der Waals surface area contributed by atoms with Crippen LogP contribution in [0.1, 0.15) is 49.4 Å². The lowest BCUT2D eigenvalue weighted by Crippen LogP contribution is -2.40. The van der Waals surface area contributed by atoms with Crippen molar-refractivity contribution < 1.29 is 23.9 Å². The molecule has 5 heteroatoms. The van der Waals surface area contributed by atoms with Gasteiger partial charge in [-0.1, -0.05) is 6.42 Å². The Bertz CT molecular complexity index is 647. The minimum atomic E-state index is -0.835. The van der Waals surface area contributed by atoms with E-state index in [4.69, 9.17) is 9.47 Å². The number of methoxy groups -OCH3 is 1. The van der Waals surface area contributed by atoms with Crippen LogP contribution in [0.25, 0.3) is 0 Å². The molecule has 1 aromatic carbocycles. The Morgan fingerprint density at radius 2 is 1.68 bits per heavy atom. The molecule has 0 radical (unpaired) electrons. The number of Topliss-reactive ketones (excluding diaryl/α,β-unsaturated/α-hetero) is 2. The summed E-state index contributed by atoms with van der Waals surface area (Å²) < 4.78 is 10.5. The van der Waals surface area contributed by atoms with Crippen molar-refractivity contribution in [1.82, 2.24) is 0 Å². The molecule has 0 aromatic heterocycles. The van der Waals surface area contributed by atoms with E-state index in [1.807, 2.05) is 0 Å². The Hall–Kier alpha value is -2.17. The summed E-state index contributed by atoms with van der Waals surface area (Å²) in [4.78, 5) is 37.0. The smallest absolute Gasteiger partial charge is 0.309 e. The van der Waals surface area contributed by atoms with Crippen LogP contribution >= 0.6 is 0 Å². The Balaban J connectivity index is 1.60. The summed E-state index contributed by atoms with van der Waals surface area (Å²) in [5.74, 6) is 0.133. The van der Waals surface area contributed by atoms with Crippen LogP contribution in [-0.2, 0) is 14.3 Å². The van der Waals surface area contributed by atoms with Gasteiger partial charge in [0.15, 0.2) is 6.10 Å². The number of rotatable bonds is 5.